The van der Waals surface area contributed by atoms with Crippen LogP contribution in [0.5, 0.6) is 0 Å². The van der Waals surface area contributed by atoms with Crippen LogP contribution in [0, 0.1) is 0 Å². The first-order valence-electron chi connectivity index (χ1n) is 7.94. The molecule has 0 saturated carbocycles. The Labute approximate surface area is 152 Å². The van der Waals surface area contributed by atoms with Gasteiger partial charge in [0.15, 0.2) is 0 Å². The average molecular weight is 377 g/mol. The molecule has 0 aliphatic carbocycles. The number of amides is 1. The van der Waals surface area contributed by atoms with Gasteiger partial charge in [0, 0.05) is 24.9 Å². The van der Waals surface area contributed by atoms with Crippen LogP contribution in [0.4, 0.5) is 5.69 Å². The summed E-state index contributed by atoms with van der Waals surface area (Å²) in [6.07, 6.45) is 2.59. The van der Waals surface area contributed by atoms with Gasteiger partial charge in [0.1, 0.15) is 0 Å². The number of nitrogens with one attached hydrogen (secondary N) is 1. The predicted molar refractivity (Wildman–Crippen MR) is 100 cm³/mol. The number of fused-ring (bicyclic) bond motifs is 1. The van der Waals surface area contributed by atoms with Crippen LogP contribution in [0.2, 0.25) is 0 Å². The Morgan fingerprint density at radius 1 is 1.16 bits per heavy atom. The molecule has 0 fully saturated rings. The minimum atomic E-state index is -3.62. The highest BCUT2D eigenvalue weighted by atomic mass is 32.2. The predicted octanol–water partition coefficient (Wildman–Crippen LogP) is 3.11. The van der Waals surface area contributed by atoms with Gasteiger partial charge >= 0.3 is 0 Å². The number of carbonyl (C=O) groups is 1. The van der Waals surface area contributed by atoms with Crippen molar-refractivity contribution in [3.8, 4) is 0 Å². The summed E-state index contributed by atoms with van der Waals surface area (Å²) in [4.78, 5) is 12.4. The first-order chi connectivity index (χ1) is 11.9. The van der Waals surface area contributed by atoms with E-state index in [9.17, 15) is 13.2 Å². The van der Waals surface area contributed by atoms with Gasteiger partial charge in [0.2, 0.25) is 15.9 Å². The van der Waals surface area contributed by atoms with Gasteiger partial charge in [0.05, 0.1) is 10.6 Å². The second-order valence-corrected chi connectivity index (χ2v) is 8.69. The van der Waals surface area contributed by atoms with Gasteiger partial charge in [-0.05, 0) is 42.0 Å². The van der Waals surface area contributed by atoms with Gasteiger partial charge in [-0.3, -0.25) is 4.79 Å². The number of benzene rings is 2. The molecule has 1 aliphatic rings. The van der Waals surface area contributed by atoms with Crippen molar-refractivity contribution in [2.24, 2.45) is 0 Å². The maximum Gasteiger partial charge on any atom is 0.243 e. The monoisotopic (exact) mass is 376 g/mol. The number of hydrogen-bond acceptors (Lipinski definition) is 4. The summed E-state index contributed by atoms with van der Waals surface area (Å²) in [6.45, 7) is 2.24. The number of nitrogens with zero attached hydrogens (tertiary/aromatic N) is 1. The Kier molecular flexibility index (Phi) is 5.17. The smallest absolute Gasteiger partial charge is 0.243 e. The Morgan fingerprint density at radius 3 is 2.56 bits per heavy atom. The van der Waals surface area contributed by atoms with Gasteiger partial charge in [-0.2, -0.15) is 4.31 Å². The summed E-state index contributed by atoms with van der Waals surface area (Å²) in [5.41, 5.74) is 2.77. The number of sulfonamides is 1. The van der Waals surface area contributed by atoms with Crippen molar-refractivity contribution in [2.75, 3.05) is 18.1 Å². The maximum atomic E-state index is 13.0. The summed E-state index contributed by atoms with van der Waals surface area (Å²) < 4.78 is 27.6. The zero-order valence-electron chi connectivity index (χ0n) is 14.2. The molecule has 0 unspecified atom stereocenters. The molecular weight excluding hydrogens is 356 g/mol. The fourth-order valence-electron chi connectivity index (χ4n) is 2.96. The van der Waals surface area contributed by atoms with Gasteiger partial charge in [-0.25, -0.2) is 8.42 Å². The molecule has 0 spiro atoms. The van der Waals surface area contributed by atoms with Crippen LogP contribution in [0.15, 0.2) is 52.3 Å². The molecule has 0 aromatic heterocycles. The second kappa shape index (κ2) is 7.19. The highest BCUT2D eigenvalue weighted by Crippen LogP contribution is 2.31. The molecule has 2 aromatic rings. The minimum absolute atomic E-state index is 0.202. The van der Waals surface area contributed by atoms with Crippen LogP contribution in [0.3, 0.4) is 0 Å². The average Bonchev–Trinajstić information content (AvgIpc) is 2.60. The second-order valence-electron chi connectivity index (χ2n) is 5.90. The Hall–Kier alpha value is -1.83. The van der Waals surface area contributed by atoms with Crippen molar-refractivity contribution in [2.45, 2.75) is 29.7 Å². The summed E-state index contributed by atoms with van der Waals surface area (Å²) in [6, 6.07) is 12.8. The van der Waals surface area contributed by atoms with E-state index in [4.69, 9.17) is 0 Å². The molecule has 1 aliphatic heterocycles. The molecule has 0 saturated heterocycles. The quantitative estimate of drug-likeness (QED) is 0.833. The van der Waals surface area contributed by atoms with E-state index in [2.05, 4.69) is 5.32 Å². The molecule has 2 aromatic carbocycles. The van der Waals surface area contributed by atoms with Crippen LogP contribution in [0.1, 0.15) is 18.1 Å². The van der Waals surface area contributed by atoms with Crippen molar-refractivity contribution < 1.29 is 13.2 Å². The first-order valence-corrected chi connectivity index (χ1v) is 10.6. The molecule has 3 rings (SSSR count). The normalized spacial score (nSPS) is 14.8. The third-order valence-electron chi connectivity index (χ3n) is 4.22. The van der Waals surface area contributed by atoms with Crippen molar-refractivity contribution in [3.05, 3.63) is 53.6 Å². The number of carbonyl (C=O) groups excluding carboxylic acids is 1. The van der Waals surface area contributed by atoms with Crippen molar-refractivity contribution in [3.63, 3.8) is 0 Å². The zero-order chi connectivity index (χ0) is 18.0. The molecule has 25 heavy (non-hydrogen) atoms. The molecule has 0 radical (unpaired) electrons. The lowest BCUT2D eigenvalue weighted by Crippen LogP contribution is -2.36. The van der Waals surface area contributed by atoms with Crippen molar-refractivity contribution in [1.82, 2.24) is 4.31 Å². The lowest BCUT2D eigenvalue weighted by Gasteiger charge is -2.28. The van der Waals surface area contributed by atoms with Crippen LogP contribution < -0.4 is 5.32 Å². The van der Waals surface area contributed by atoms with E-state index in [0.29, 0.717) is 25.2 Å². The van der Waals surface area contributed by atoms with Crippen molar-refractivity contribution in [1.29, 1.82) is 0 Å². The largest absolute Gasteiger partial charge is 0.325 e. The Balaban J connectivity index is 1.94. The SMILES string of the molecule is CSc1ccc(S(=O)(=O)N2CCc3ccccc3C2)cc1NC(C)=O. The summed E-state index contributed by atoms with van der Waals surface area (Å²) in [7, 11) is -3.62. The van der Waals surface area contributed by atoms with Gasteiger partial charge in [-0.15, -0.1) is 11.8 Å². The van der Waals surface area contributed by atoms with Crippen molar-refractivity contribution >= 4 is 33.4 Å². The summed E-state index contributed by atoms with van der Waals surface area (Å²) in [5, 5.41) is 2.71. The topological polar surface area (TPSA) is 66.5 Å². The van der Waals surface area contributed by atoms with Gasteiger partial charge < -0.3 is 5.32 Å². The highest BCUT2D eigenvalue weighted by Gasteiger charge is 2.28. The lowest BCUT2D eigenvalue weighted by atomic mass is 10.0. The standard InChI is InChI=1S/C18H20N2O3S2/c1-13(21)19-17-11-16(7-8-18(17)24-2)25(22,23)20-10-9-14-5-3-4-6-15(14)12-20/h3-8,11H,9-10,12H2,1-2H3,(H,19,21). The van der Waals surface area contributed by atoms with Gasteiger partial charge in [-0.1, -0.05) is 24.3 Å². The number of anilines is 1. The minimum Gasteiger partial charge on any atom is -0.325 e. The molecule has 5 nitrogen and oxygen atoms in total. The molecule has 1 amide bonds. The highest BCUT2D eigenvalue weighted by molar-refractivity contribution is 7.98. The number of rotatable bonds is 4. The first kappa shape index (κ1) is 18.0. The van der Waals surface area contributed by atoms with Crippen LogP contribution >= 0.6 is 11.8 Å². The van der Waals surface area contributed by atoms with E-state index in [1.807, 2.05) is 30.5 Å². The van der Waals surface area contributed by atoms with Crippen LogP contribution in [0.25, 0.3) is 0 Å². The van der Waals surface area contributed by atoms with E-state index in [1.54, 1.807) is 18.2 Å². The molecule has 1 N–H and O–H groups in total. The third-order valence-corrected chi connectivity index (χ3v) is 6.85. The van der Waals surface area contributed by atoms with E-state index in [0.717, 1.165) is 10.5 Å². The van der Waals surface area contributed by atoms with Gasteiger partial charge in [0.25, 0.3) is 0 Å². The third kappa shape index (κ3) is 3.73. The van der Waals surface area contributed by atoms with E-state index in [1.165, 1.54) is 28.6 Å². The lowest BCUT2D eigenvalue weighted by molar-refractivity contribution is -0.114. The molecule has 0 bridgehead atoms. The fourth-order valence-corrected chi connectivity index (χ4v) is 4.94. The number of hydrogen-bond donors (Lipinski definition) is 1. The molecule has 1 heterocycles. The number of thioether (sulfide) groups is 1. The molecule has 132 valence electrons. The summed E-state index contributed by atoms with van der Waals surface area (Å²) in [5.74, 6) is -0.225. The maximum absolute atomic E-state index is 13.0. The Morgan fingerprint density at radius 2 is 1.88 bits per heavy atom. The van der Waals surface area contributed by atoms with Crippen LogP contribution in [-0.4, -0.2) is 31.4 Å². The zero-order valence-corrected chi connectivity index (χ0v) is 15.8. The molecular formula is C18H20N2O3S2. The van der Waals surface area contributed by atoms with E-state index >= 15 is 0 Å². The van der Waals surface area contributed by atoms with E-state index in [-0.39, 0.29) is 10.8 Å². The Bertz CT molecular complexity index is 910. The van der Waals surface area contributed by atoms with Crippen LogP contribution in [-0.2, 0) is 27.8 Å². The molecule has 0 atom stereocenters. The van der Waals surface area contributed by atoms with E-state index < -0.39 is 10.0 Å². The summed E-state index contributed by atoms with van der Waals surface area (Å²) >= 11 is 1.46. The molecule has 7 heteroatoms. The fraction of sp³-hybridized carbons (Fsp3) is 0.278.